The van der Waals surface area contributed by atoms with Crippen molar-refractivity contribution in [2.75, 3.05) is 6.61 Å². The molecule has 3 rings (SSSR count). The first-order valence-electron chi connectivity index (χ1n) is 9.24. The van der Waals surface area contributed by atoms with Gasteiger partial charge in [0.15, 0.2) is 11.6 Å². The van der Waals surface area contributed by atoms with E-state index in [9.17, 15) is 9.90 Å². The Balaban J connectivity index is 2.10. The average Bonchev–Trinajstić information content (AvgIpc) is 3.23. The van der Waals surface area contributed by atoms with Crippen molar-refractivity contribution in [2.24, 2.45) is 5.73 Å². The number of primary amides is 1. The molecule has 8 heteroatoms. The van der Waals surface area contributed by atoms with Crippen molar-refractivity contribution in [2.45, 2.75) is 46.2 Å². The van der Waals surface area contributed by atoms with Crippen LogP contribution >= 0.6 is 0 Å². The van der Waals surface area contributed by atoms with E-state index >= 15 is 0 Å². The number of aryl methyl sites for hydroxylation is 2. The van der Waals surface area contributed by atoms with Crippen LogP contribution in [-0.2, 0) is 12.1 Å². The summed E-state index contributed by atoms with van der Waals surface area (Å²) in [5, 5.41) is 18.5. The molecule has 0 unspecified atom stereocenters. The highest BCUT2D eigenvalue weighted by molar-refractivity contribution is 5.93. The van der Waals surface area contributed by atoms with Gasteiger partial charge in [-0.1, -0.05) is 12.1 Å². The lowest BCUT2D eigenvalue weighted by atomic mass is 10.1. The van der Waals surface area contributed by atoms with E-state index in [0.717, 1.165) is 17.0 Å². The van der Waals surface area contributed by atoms with Crippen LogP contribution in [0.3, 0.4) is 0 Å². The van der Waals surface area contributed by atoms with E-state index in [4.69, 9.17) is 10.7 Å². The number of carbonyl (C=O) groups excluding carboxylic acids is 1. The van der Waals surface area contributed by atoms with Crippen LogP contribution in [0.2, 0.25) is 0 Å². The summed E-state index contributed by atoms with van der Waals surface area (Å²) in [6, 6.07) is 8.87. The molecule has 0 bridgehead atoms. The van der Waals surface area contributed by atoms with Crippen molar-refractivity contribution in [3.05, 3.63) is 41.6 Å². The Labute approximate surface area is 164 Å². The predicted octanol–water partition coefficient (Wildman–Crippen LogP) is 2.35. The molecule has 3 aromatic rings. The Morgan fingerprint density at radius 3 is 2.43 bits per heavy atom. The molecule has 0 aliphatic carbocycles. The van der Waals surface area contributed by atoms with Gasteiger partial charge in [-0.3, -0.25) is 9.48 Å². The van der Waals surface area contributed by atoms with Gasteiger partial charge in [-0.25, -0.2) is 9.67 Å². The maximum Gasteiger partial charge on any atom is 0.248 e. The first kappa shape index (κ1) is 19.8. The average molecular weight is 382 g/mol. The fourth-order valence-electron chi connectivity index (χ4n) is 2.98. The molecule has 0 spiro atoms. The fourth-order valence-corrected chi connectivity index (χ4v) is 2.98. The van der Waals surface area contributed by atoms with Gasteiger partial charge in [-0.2, -0.15) is 10.2 Å². The molecular weight excluding hydrogens is 356 g/mol. The van der Waals surface area contributed by atoms with Crippen LogP contribution in [-0.4, -0.2) is 42.2 Å². The van der Waals surface area contributed by atoms with Gasteiger partial charge in [0.05, 0.1) is 11.2 Å². The summed E-state index contributed by atoms with van der Waals surface area (Å²) >= 11 is 0. The molecule has 0 aliphatic rings. The number of hydrogen-bond acceptors (Lipinski definition) is 5. The highest BCUT2D eigenvalue weighted by Crippen LogP contribution is 2.28. The summed E-state index contributed by atoms with van der Waals surface area (Å²) < 4.78 is 3.74. The predicted molar refractivity (Wildman–Crippen MR) is 107 cm³/mol. The highest BCUT2D eigenvalue weighted by atomic mass is 16.3. The number of aliphatic hydroxyl groups is 1. The summed E-state index contributed by atoms with van der Waals surface area (Å²) in [6.07, 6.45) is 0.569. The molecule has 0 atom stereocenters. The van der Waals surface area contributed by atoms with Gasteiger partial charge in [0.25, 0.3) is 0 Å². The van der Waals surface area contributed by atoms with Crippen molar-refractivity contribution in [1.82, 2.24) is 24.5 Å². The number of nitrogens with zero attached hydrogens (tertiary/aromatic N) is 5. The lowest BCUT2D eigenvalue weighted by Gasteiger charge is -2.22. The van der Waals surface area contributed by atoms with Gasteiger partial charge in [-0.05, 0) is 52.3 Å². The zero-order chi connectivity index (χ0) is 20.5. The summed E-state index contributed by atoms with van der Waals surface area (Å²) in [5.41, 5.74) is 8.08. The normalized spacial score (nSPS) is 11.8. The number of benzene rings is 1. The number of amides is 1. The molecule has 28 heavy (non-hydrogen) atoms. The third-order valence-corrected chi connectivity index (χ3v) is 4.32. The van der Waals surface area contributed by atoms with Gasteiger partial charge in [-0.15, -0.1) is 0 Å². The SMILES string of the molecule is Cc1cc(-c2nc(-c3ccc(C(N)=O)cc3)nn2CCCO)n(C(C)(C)C)n1. The second-order valence-corrected chi connectivity index (χ2v) is 7.75. The molecule has 0 saturated carbocycles. The van der Waals surface area contributed by atoms with Gasteiger partial charge in [0, 0.05) is 24.3 Å². The Bertz CT molecular complexity index is 979. The molecule has 2 aromatic heterocycles. The Hall–Kier alpha value is -3.00. The lowest BCUT2D eigenvalue weighted by molar-refractivity contribution is 0.100. The number of rotatable bonds is 6. The summed E-state index contributed by atoms with van der Waals surface area (Å²) in [6.45, 7) is 8.80. The van der Waals surface area contributed by atoms with Gasteiger partial charge < -0.3 is 10.8 Å². The van der Waals surface area contributed by atoms with Crippen LogP contribution in [0.4, 0.5) is 0 Å². The van der Waals surface area contributed by atoms with Crippen LogP contribution in [0.1, 0.15) is 43.2 Å². The molecular formula is C20H26N6O2. The summed E-state index contributed by atoms with van der Waals surface area (Å²) in [7, 11) is 0. The van der Waals surface area contributed by atoms with E-state index in [2.05, 4.69) is 31.0 Å². The molecule has 3 N–H and O–H groups in total. The van der Waals surface area contributed by atoms with Crippen LogP contribution in [0.15, 0.2) is 30.3 Å². The summed E-state index contributed by atoms with van der Waals surface area (Å²) in [4.78, 5) is 16.1. The van der Waals surface area contributed by atoms with E-state index in [1.807, 2.05) is 17.7 Å². The van der Waals surface area contributed by atoms with E-state index in [1.165, 1.54) is 0 Å². The zero-order valence-corrected chi connectivity index (χ0v) is 16.7. The zero-order valence-electron chi connectivity index (χ0n) is 16.7. The maximum atomic E-state index is 11.3. The first-order chi connectivity index (χ1) is 13.2. The molecule has 148 valence electrons. The summed E-state index contributed by atoms with van der Waals surface area (Å²) in [5.74, 6) is 0.763. The Morgan fingerprint density at radius 1 is 1.18 bits per heavy atom. The van der Waals surface area contributed by atoms with Crippen LogP contribution in [0.25, 0.3) is 22.9 Å². The molecule has 8 nitrogen and oxygen atoms in total. The van der Waals surface area contributed by atoms with Crippen molar-refractivity contribution in [3.8, 4) is 22.9 Å². The number of nitrogens with two attached hydrogens (primary N) is 1. The molecule has 0 aliphatic heterocycles. The molecule has 2 heterocycles. The number of aromatic nitrogens is 5. The largest absolute Gasteiger partial charge is 0.396 e. The topological polar surface area (TPSA) is 112 Å². The molecule has 0 saturated heterocycles. The number of carbonyl (C=O) groups is 1. The molecule has 1 aromatic carbocycles. The quantitative estimate of drug-likeness (QED) is 0.680. The van der Waals surface area contributed by atoms with Crippen LogP contribution in [0, 0.1) is 6.92 Å². The Kier molecular flexibility index (Phi) is 5.33. The van der Waals surface area contributed by atoms with E-state index in [-0.39, 0.29) is 12.1 Å². The monoisotopic (exact) mass is 382 g/mol. The fraction of sp³-hybridized carbons (Fsp3) is 0.400. The van der Waals surface area contributed by atoms with E-state index in [1.54, 1.807) is 28.9 Å². The van der Waals surface area contributed by atoms with Gasteiger partial charge in [0.1, 0.15) is 5.69 Å². The Morgan fingerprint density at radius 2 is 1.86 bits per heavy atom. The number of aliphatic hydroxyl groups excluding tert-OH is 1. The highest BCUT2D eigenvalue weighted by Gasteiger charge is 2.24. The minimum absolute atomic E-state index is 0.0690. The second-order valence-electron chi connectivity index (χ2n) is 7.75. The molecule has 0 radical (unpaired) electrons. The van der Waals surface area contributed by atoms with Gasteiger partial charge in [0.2, 0.25) is 5.91 Å². The maximum absolute atomic E-state index is 11.3. The van der Waals surface area contributed by atoms with Crippen molar-refractivity contribution < 1.29 is 9.90 Å². The minimum atomic E-state index is -0.474. The van der Waals surface area contributed by atoms with Crippen LogP contribution < -0.4 is 5.73 Å². The third kappa shape index (κ3) is 3.96. The van der Waals surface area contributed by atoms with E-state index < -0.39 is 5.91 Å². The van der Waals surface area contributed by atoms with Crippen molar-refractivity contribution in [3.63, 3.8) is 0 Å². The first-order valence-corrected chi connectivity index (χ1v) is 9.24. The minimum Gasteiger partial charge on any atom is -0.396 e. The number of hydrogen-bond donors (Lipinski definition) is 2. The standard InChI is InChI=1S/C20H26N6O2/c1-13-12-16(26(23-13)20(2,3)4)19-22-18(24-25(19)10-5-11-27)15-8-6-14(7-9-15)17(21)28/h6-9,12,27H,5,10-11H2,1-4H3,(H2,21,28). The van der Waals surface area contributed by atoms with E-state index in [0.29, 0.717) is 30.2 Å². The molecule has 0 fully saturated rings. The van der Waals surface area contributed by atoms with Crippen LogP contribution in [0.5, 0.6) is 0 Å². The third-order valence-electron chi connectivity index (χ3n) is 4.32. The van der Waals surface area contributed by atoms with Crippen molar-refractivity contribution in [1.29, 1.82) is 0 Å². The lowest BCUT2D eigenvalue weighted by Crippen LogP contribution is -2.25. The van der Waals surface area contributed by atoms with Gasteiger partial charge >= 0.3 is 0 Å². The second kappa shape index (κ2) is 7.55. The van der Waals surface area contributed by atoms with Crippen molar-refractivity contribution >= 4 is 5.91 Å². The smallest absolute Gasteiger partial charge is 0.248 e. The molecule has 1 amide bonds.